The fourth-order valence-corrected chi connectivity index (χ4v) is 6.78. The fraction of sp³-hybridized carbons (Fsp3) is 0.158. The Balaban J connectivity index is 1.46. The summed E-state index contributed by atoms with van der Waals surface area (Å²) in [6, 6.07) is 32.6. The molecule has 3 nitrogen and oxygen atoms in total. The van der Waals surface area contributed by atoms with Crippen LogP contribution < -0.4 is 4.74 Å². The molecule has 0 bridgehead atoms. The maximum absolute atomic E-state index is 7.15. The van der Waals surface area contributed by atoms with Crippen LogP contribution in [0.4, 0.5) is 0 Å². The molecule has 8 aromatic rings. The van der Waals surface area contributed by atoms with Crippen LogP contribution in [0.5, 0.6) is 5.75 Å². The highest BCUT2D eigenvalue weighted by molar-refractivity contribution is 6.39. The molecule has 8 rings (SSSR count). The molecule has 0 atom stereocenters. The number of hydrogen-bond donors (Lipinski definition) is 0. The Hall–Kier alpha value is -4.47. The Bertz CT molecular complexity index is 2400. The summed E-state index contributed by atoms with van der Waals surface area (Å²) >= 11 is 7.15. The lowest BCUT2D eigenvalue weighted by Gasteiger charge is -2.19. The second-order valence-corrected chi connectivity index (χ2v) is 12.9. The van der Waals surface area contributed by atoms with Crippen molar-refractivity contribution in [1.82, 2.24) is 4.57 Å². The van der Waals surface area contributed by atoms with Gasteiger partial charge in [0.05, 0.1) is 23.2 Å². The number of aryl methyl sites for hydroxylation is 1. The van der Waals surface area contributed by atoms with E-state index in [2.05, 4.69) is 117 Å². The average Bonchev–Trinajstić information content (AvgIpc) is 3.50. The van der Waals surface area contributed by atoms with Gasteiger partial charge in [0.1, 0.15) is 16.9 Å². The summed E-state index contributed by atoms with van der Waals surface area (Å²) in [5.74, 6) is 0.828. The van der Waals surface area contributed by atoms with E-state index in [1.165, 1.54) is 21.9 Å². The van der Waals surface area contributed by atoms with Gasteiger partial charge in [0.25, 0.3) is 0 Å². The van der Waals surface area contributed by atoms with E-state index in [1.807, 2.05) is 6.07 Å². The number of halogens is 1. The molecule has 0 aliphatic heterocycles. The van der Waals surface area contributed by atoms with Crippen LogP contribution in [0, 0.1) is 6.92 Å². The second-order valence-electron chi connectivity index (χ2n) is 12.5. The molecular formula is C38H30ClNO2. The number of nitrogens with zero attached hydrogens (tertiary/aromatic N) is 1. The van der Waals surface area contributed by atoms with Crippen LogP contribution in [-0.4, -0.2) is 11.7 Å². The topological polar surface area (TPSA) is 27.3 Å². The van der Waals surface area contributed by atoms with Crippen molar-refractivity contribution in [3.63, 3.8) is 0 Å². The van der Waals surface area contributed by atoms with Gasteiger partial charge in [-0.05, 0) is 106 Å². The largest absolute Gasteiger partial charge is 0.497 e. The molecule has 42 heavy (non-hydrogen) atoms. The Kier molecular flexibility index (Phi) is 5.27. The number of hydrogen-bond acceptors (Lipinski definition) is 2. The molecule has 0 N–H and O–H groups in total. The van der Waals surface area contributed by atoms with Crippen LogP contribution in [0.3, 0.4) is 0 Å². The van der Waals surface area contributed by atoms with Gasteiger partial charge >= 0.3 is 0 Å². The van der Waals surface area contributed by atoms with Crippen LogP contribution in [0.25, 0.3) is 71.0 Å². The summed E-state index contributed by atoms with van der Waals surface area (Å²) in [5.41, 5.74) is 7.48. The smallest absolute Gasteiger partial charge is 0.136 e. The number of fused-ring (bicyclic) bond motifs is 9. The molecule has 2 aromatic heterocycles. The lowest BCUT2D eigenvalue weighted by Crippen LogP contribution is -2.10. The lowest BCUT2D eigenvalue weighted by atomic mass is 9.86. The summed E-state index contributed by atoms with van der Waals surface area (Å²) in [6.07, 6.45) is 0. The maximum atomic E-state index is 7.15. The van der Waals surface area contributed by atoms with E-state index in [1.54, 1.807) is 7.11 Å². The predicted molar refractivity (Wildman–Crippen MR) is 178 cm³/mol. The van der Waals surface area contributed by atoms with Gasteiger partial charge in [-0.2, -0.15) is 0 Å². The number of benzene rings is 6. The molecule has 0 unspecified atom stereocenters. The van der Waals surface area contributed by atoms with Crippen LogP contribution in [-0.2, 0) is 5.41 Å². The molecule has 0 aliphatic rings. The van der Waals surface area contributed by atoms with Gasteiger partial charge in [-0.15, -0.1) is 0 Å². The van der Waals surface area contributed by atoms with Crippen LogP contribution in [0.2, 0.25) is 5.02 Å². The first-order chi connectivity index (χ1) is 20.2. The van der Waals surface area contributed by atoms with E-state index in [0.29, 0.717) is 0 Å². The monoisotopic (exact) mass is 567 g/mol. The van der Waals surface area contributed by atoms with Crippen molar-refractivity contribution >= 4 is 76.9 Å². The van der Waals surface area contributed by atoms with Gasteiger partial charge in [-0.25, -0.2) is 0 Å². The first-order valence-electron chi connectivity index (χ1n) is 14.3. The van der Waals surface area contributed by atoms with Crippen molar-refractivity contribution in [2.24, 2.45) is 0 Å². The summed E-state index contributed by atoms with van der Waals surface area (Å²) in [7, 11) is 1.71. The number of rotatable bonds is 2. The summed E-state index contributed by atoms with van der Waals surface area (Å²) < 4.78 is 14.3. The van der Waals surface area contributed by atoms with Gasteiger partial charge in [0.15, 0.2) is 0 Å². The minimum atomic E-state index is 0.00806. The molecule has 6 aromatic carbocycles. The third-order valence-corrected chi connectivity index (χ3v) is 8.99. The normalized spacial score (nSPS) is 12.5. The van der Waals surface area contributed by atoms with Crippen molar-refractivity contribution < 1.29 is 9.15 Å². The van der Waals surface area contributed by atoms with Crippen LogP contribution in [0.15, 0.2) is 95.4 Å². The van der Waals surface area contributed by atoms with Crippen molar-refractivity contribution in [3.8, 4) is 11.4 Å². The third kappa shape index (κ3) is 3.66. The molecule has 0 saturated carbocycles. The highest BCUT2D eigenvalue weighted by Gasteiger charge is 2.22. The minimum absolute atomic E-state index is 0.00806. The Morgan fingerprint density at radius 3 is 2.31 bits per heavy atom. The van der Waals surface area contributed by atoms with Gasteiger partial charge in [0, 0.05) is 27.2 Å². The van der Waals surface area contributed by atoms with Crippen LogP contribution >= 0.6 is 11.6 Å². The van der Waals surface area contributed by atoms with E-state index in [4.69, 9.17) is 20.8 Å². The first-order valence-corrected chi connectivity index (χ1v) is 14.7. The van der Waals surface area contributed by atoms with E-state index >= 15 is 0 Å². The lowest BCUT2D eigenvalue weighted by molar-refractivity contribution is 0.415. The number of aromatic nitrogens is 1. The molecule has 4 heteroatoms. The Morgan fingerprint density at radius 2 is 1.50 bits per heavy atom. The maximum Gasteiger partial charge on any atom is 0.136 e. The van der Waals surface area contributed by atoms with Crippen molar-refractivity contribution in [2.75, 3.05) is 7.11 Å². The zero-order valence-electron chi connectivity index (χ0n) is 24.3. The predicted octanol–water partition coefficient (Wildman–Crippen LogP) is 11.3. The number of ether oxygens (including phenoxy) is 1. The molecular weight excluding hydrogens is 538 g/mol. The van der Waals surface area contributed by atoms with Crippen molar-refractivity contribution in [2.45, 2.75) is 33.1 Å². The van der Waals surface area contributed by atoms with E-state index in [9.17, 15) is 0 Å². The van der Waals surface area contributed by atoms with E-state index < -0.39 is 0 Å². The molecule has 0 saturated heterocycles. The fourth-order valence-electron chi connectivity index (χ4n) is 6.49. The quantitative estimate of drug-likeness (QED) is 0.208. The number of methoxy groups -OCH3 is 1. The Morgan fingerprint density at radius 1 is 0.690 bits per heavy atom. The van der Waals surface area contributed by atoms with Crippen molar-refractivity contribution in [1.29, 1.82) is 0 Å². The molecule has 0 amide bonds. The third-order valence-electron chi connectivity index (χ3n) is 8.70. The summed E-state index contributed by atoms with van der Waals surface area (Å²) in [6.45, 7) is 8.86. The van der Waals surface area contributed by atoms with E-state index in [-0.39, 0.29) is 5.41 Å². The number of furan rings is 1. The summed E-state index contributed by atoms with van der Waals surface area (Å²) in [4.78, 5) is 0. The Labute approximate surface area is 248 Å². The zero-order valence-corrected chi connectivity index (χ0v) is 25.1. The average molecular weight is 568 g/mol. The molecule has 0 aliphatic carbocycles. The second kappa shape index (κ2) is 8.77. The molecule has 206 valence electrons. The highest BCUT2D eigenvalue weighted by atomic mass is 35.5. The SMILES string of the molecule is COc1ccc2cc(Cl)c3c(c2c1)c1cc(C(C)(C)C)ccc1n3-c1ccc2cc3c(cc2c1)oc1cc(C)ccc13. The highest BCUT2D eigenvalue weighted by Crippen LogP contribution is 2.43. The molecule has 0 radical (unpaired) electrons. The summed E-state index contributed by atoms with van der Waals surface area (Å²) in [5, 5.41) is 9.84. The van der Waals surface area contributed by atoms with Gasteiger partial charge in [-0.3, -0.25) is 0 Å². The van der Waals surface area contributed by atoms with Crippen molar-refractivity contribution in [3.05, 3.63) is 107 Å². The van der Waals surface area contributed by atoms with Crippen LogP contribution in [0.1, 0.15) is 31.9 Å². The standard InChI is InChI=1S/C38H30ClNO2/c1-21-6-12-28-30-16-22-7-10-26(15-24(22)18-35(30)42-34(28)14-21)40-33-13-9-25(38(2,3)4)19-31(33)36-29-20-27(41-5)11-8-23(29)17-32(39)37(36)40/h6-20H,1-5H3. The molecule has 0 fully saturated rings. The molecule has 2 heterocycles. The van der Waals surface area contributed by atoms with Gasteiger partial charge in [0.2, 0.25) is 0 Å². The first kappa shape index (κ1) is 25.3. The molecule has 0 spiro atoms. The van der Waals surface area contributed by atoms with Gasteiger partial charge in [-0.1, -0.05) is 62.7 Å². The van der Waals surface area contributed by atoms with E-state index in [0.717, 1.165) is 71.0 Å². The zero-order chi connectivity index (χ0) is 28.9. The van der Waals surface area contributed by atoms with Gasteiger partial charge < -0.3 is 13.7 Å². The minimum Gasteiger partial charge on any atom is -0.497 e.